The predicted octanol–water partition coefficient (Wildman–Crippen LogP) is 1.52. The number of hydrogen-bond donors (Lipinski definition) is 0. The Labute approximate surface area is 143 Å². The van der Waals surface area contributed by atoms with Crippen LogP contribution >= 0.6 is 11.3 Å². The average molecular weight is 345 g/mol. The Morgan fingerprint density at radius 3 is 2.83 bits per heavy atom. The summed E-state index contributed by atoms with van der Waals surface area (Å²) in [6, 6.07) is 4.16. The van der Waals surface area contributed by atoms with Crippen LogP contribution in [0.3, 0.4) is 0 Å². The van der Waals surface area contributed by atoms with Crippen LogP contribution < -0.4 is 11.2 Å². The maximum atomic E-state index is 12.5. The van der Waals surface area contributed by atoms with Crippen LogP contribution in [-0.2, 0) is 18.9 Å². The van der Waals surface area contributed by atoms with Gasteiger partial charge in [-0.05, 0) is 30.4 Å². The summed E-state index contributed by atoms with van der Waals surface area (Å²) in [6.45, 7) is 0.719. The first-order valence-electron chi connectivity index (χ1n) is 7.78. The SMILES string of the molecule is Cn1cc(/C=C\C(=O)N2CCC[C@@H]2c2cccs2)c(=O)n(C)c1=O. The third kappa shape index (κ3) is 2.99. The van der Waals surface area contributed by atoms with E-state index in [1.54, 1.807) is 18.4 Å². The lowest BCUT2D eigenvalue weighted by Crippen LogP contribution is -2.37. The Bertz CT molecular complexity index is 893. The summed E-state index contributed by atoms with van der Waals surface area (Å²) < 4.78 is 2.37. The number of thiophene rings is 1. The zero-order valence-corrected chi connectivity index (χ0v) is 14.5. The normalized spacial score (nSPS) is 17.8. The molecule has 0 radical (unpaired) electrons. The highest BCUT2D eigenvalue weighted by Gasteiger charge is 2.29. The number of amides is 1. The van der Waals surface area contributed by atoms with Crippen molar-refractivity contribution in [3.63, 3.8) is 0 Å². The van der Waals surface area contributed by atoms with Crippen molar-refractivity contribution in [2.75, 3.05) is 6.54 Å². The van der Waals surface area contributed by atoms with Gasteiger partial charge < -0.3 is 9.47 Å². The minimum absolute atomic E-state index is 0.109. The van der Waals surface area contributed by atoms with Gasteiger partial charge in [0.15, 0.2) is 0 Å². The largest absolute Gasteiger partial charge is 0.331 e. The fourth-order valence-corrected chi connectivity index (χ4v) is 3.89. The molecular formula is C17H19N3O3S. The molecule has 0 saturated carbocycles. The molecule has 126 valence electrons. The van der Waals surface area contributed by atoms with E-state index in [2.05, 4.69) is 0 Å². The Kier molecular flexibility index (Phi) is 4.53. The van der Waals surface area contributed by atoms with Crippen LogP contribution in [0.25, 0.3) is 6.08 Å². The van der Waals surface area contributed by atoms with Crippen LogP contribution in [0.5, 0.6) is 0 Å². The molecule has 0 N–H and O–H groups in total. The van der Waals surface area contributed by atoms with E-state index in [4.69, 9.17) is 0 Å². The molecule has 6 nitrogen and oxygen atoms in total. The smallest absolute Gasteiger partial charge is 0.330 e. The van der Waals surface area contributed by atoms with Gasteiger partial charge in [0.2, 0.25) is 5.91 Å². The van der Waals surface area contributed by atoms with Gasteiger partial charge in [0.05, 0.1) is 11.6 Å². The highest BCUT2D eigenvalue weighted by molar-refractivity contribution is 7.10. The van der Waals surface area contributed by atoms with Crippen molar-refractivity contribution in [2.45, 2.75) is 18.9 Å². The molecule has 24 heavy (non-hydrogen) atoms. The number of nitrogens with zero attached hydrogens (tertiary/aromatic N) is 3. The lowest BCUT2D eigenvalue weighted by atomic mass is 10.2. The van der Waals surface area contributed by atoms with Gasteiger partial charge in [0, 0.05) is 37.8 Å². The van der Waals surface area contributed by atoms with Crippen LogP contribution in [0.15, 0.2) is 39.4 Å². The topological polar surface area (TPSA) is 64.3 Å². The summed E-state index contributed by atoms with van der Waals surface area (Å²) in [5, 5.41) is 2.01. The molecule has 0 aliphatic carbocycles. The van der Waals surface area contributed by atoms with Gasteiger partial charge in [0.25, 0.3) is 5.56 Å². The maximum absolute atomic E-state index is 12.5. The summed E-state index contributed by atoms with van der Waals surface area (Å²) in [4.78, 5) is 39.4. The lowest BCUT2D eigenvalue weighted by molar-refractivity contribution is -0.126. The molecule has 3 heterocycles. The Hall–Kier alpha value is -2.41. The first kappa shape index (κ1) is 16.4. The minimum Gasteiger partial charge on any atom is -0.331 e. The summed E-state index contributed by atoms with van der Waals surface area (Å²) >= 11 is 1.65. The van der Waals surface area contributed by atoms with Gasteiger partial charge in [-0.25, -0.2) is 4.79 Å². The van der Waals surface area contributed by atoms with E-state index < -0.39 is 5.56 Å². The zero-order valence-electron chi connectivity index (χ0n) is 13.6. The molecule has 1 fully saturated rings. The van der Waals surface area contributed by atoms with E-state index in [-0.39, 0.29) is 17.6 Å². The van der Waals surface area contributed by atoms with Crippen molar-refractivity contribution in [1.82, 2.24) is 14.0 Å². The first-order valence-corrected chi connectivity index (χ1v) is 8.65. The second kappa shape index (κ2) is 6.60. The van der Waals surface area contributed by atoms with E-state index in [1.807, 2.05) is 22.4 Å². The molecular weight excluding hydrogens is 326 g/mol. The van der Waals surface area contributed by atoms with Crippen molar-refractivity contribution in [2.24, 2.45) is 14.1 Å². The molecule has 1 aliphatic heterocycles. The van der Waals surface area contributed by atoms with Crippen LogP contribution in [0.1, 0.15) is 29.3 Å². The Morgan fingerprint density at radius 2 is 2.12 bits per heavy atom. The molecule has 0 unspecified atom stereocenters. The standard InChI is InChI=1S/C17H19N3O3S/c1-18-11-12(16(22)19(2)17(18)23)7-8-15(21)20-9-3-5-13(20)14-6-4-10-24-14/h4,6-8,10-11,13H,3,5,9H2,1-2H3/b8-7-/t13-/m1/s1. The molecule has 1 atom stereocenters. The Balaban J connectivity index is 1.84. The van der Waals surface area contributed by atoms with Crippen molar-refractivity contribution in [3.05, 3.63) is 61.1 Å². The van der Waals surface area contributed by atoms with E-state index in [9.17, 15) is 14.4 Å². The third-order valence-electron chi connectivity index (χ3n) is 4.29. The fourth-order valence-electron chi connectivity index (χ4n) is 3.01. The molecule has 0 spiro atoms. The summed E-state index contributed by atoms with van der Waals surface area (Å²) in [5.74, 6) is -0.109. The quantitative estimate of drug-likeness (QED) is 0.793. The number of carbonyl (C=O) groups is 1. The summed E-state index contributed by atoms with van der Waals surface area (Å²) in [5.41, 5.74) is -0.473. The minimum atomic E-state index is -0.404. The third-order valence-corrected chi connectivity index (χ3v) is 5.26. The van der Waals surface area contributed by atoms with Gasteiger partial charge in [0.1, 0.15) is 0 Å². The second-order valence-corrected chi connectivity index (χ2v) is 6.86. The summed E-state index contributed by atoms with van der Waals surface area (Å²) in [6.07, 6.45) is 6.31. The highest BCUT2D eigenvalue weighted by atomic mass is 32.1. The van der Waals surface area contributed by atoms with Crippen molar-refractivity contribution < 1.29 is 4.79 Å². The van der Waals surface area contributed by atoms with E-state index in [1.165, 1.54) is 34.8 Å². The van der Waals surface area contributed by atoms with E-state index >= 15 is 0 Å². The van der Waals surface area contributed by atoms with Gasteiger partial charge in [-0.2, -0.15) is 0 Å². The molecule has 2 aromatic heterocycles. The lowest BCUT2D eigenvalue weighted by Gasteiger charge is -2.22. The number of aromatic nitrogens is 2. The Morgan fingerprint density at radius 1 is 1.33 bits per heavy atom. The van der Waals surface area contributed by atoms with Gasteiger partial charge in [-0.3, -0.25) is 14.2 Å². The zero-order chi connectivity index (χ0) is 17.3. The van der Waals surface area contributed by atoms with Crippen LogP contribution in [0.4, 0.5) is 0 Å². The second-order valence-electron chi connectivity index (χ2n) is 5.88. The van der Waals surface area contributed by atoms with Crippen LogP contribution in [-0.4, -0.2) is 26.5 Å². The number of likely N-dealkylation sites (tertiary alicyclic amines) is 1. The average Bonchev–Trinajstić information content (AvgIpc) is 3.25. The molecule has 1 aliphatic rings. The van der Waals surface area contributed by atoms with Crippen molar-refractivity contribution in [1.29, 1.82) is 0 Å². The molecule has 0 aromatic carbocycles. The number of aryl methyl sites for hydroxylation is 1. The predicted molar refractivity (Wildman–Crippen MR) is 94.0 cm³/mol. The van der Waals surface area contributed by atoms with Gasteiger partial charge in [-0.1, -0.05) is 6.07 Å². The molecule has 3 rings (SSSR count). The molecule has 1 amide bonds. The van der Waals surface area contributed by atoms with E-state index in [0.29, 0.717) is 5.56 Å². The summed E-state index contributed by atoms with van der Waals surface area (Å²) in [7, 11) is 3.01. The molecule has 7 heteroatoms. The van der Waals surface area contributed by atoms with Gasteiger partial charge in [-0.15, -0.1) is 11.3 Å². The molecule has 0 bridgehead atoms. The van der Waals surface area contributed by atoms with Crippen LogP contribution in [0.2, 0.25) is 0 Å². The molecule has 2 aromatic rings. The van der Waals surface area contributed by atoms with Gasteiger partial charge >= 0.3 is 5.69 Å². The molecule has 1 saturated heterocycles. The fraction of sp³-hybridized carbons (Fsp3) is 0.353. The number of carbonyl (C=O) groups excluding carboxylic acids is 1. The first-order chi connectivity index (χ1) is 11.5. The maximum Gasteiger partial charge on any atom is 0.330 e. The highest BCUT2D eigenvalue weighted by Crippen LogP contribution is 2.34. The van der Waals surface area contributed by atoms with Crippen LogP contribution in [0, 0.1) is 0 Å². The monoisotopic (exact) mass is 345 g/mol. The van der Waals surface area contributed by atoms with Crippen molar-refractivity contribution in [3.8, 4) is 0 Å². The number of hydrogen-bond acceptors (Lipinski definition) is 4. The van der Waals surface area contributed by atoms with Crippen molar-refractivity contribution >= 4 is 23.3 Å². The van der Waals surface area contributed by atoms with E-state index in [0.717, 1.165) is 24.0 Å². The number of rotatable bonds is 3.